The third-order valence-corrected chi connectivity index (χ3v) is 4.62. The average Bonchev–Trinajstić information content (AvgIpc) is 2.66. The molecule has 0 aromatic heterocycles. The van der Waals surface area contributed by atoms with Gasteiger partial charge in [0.05, 0.1) is 25.8 Å². The number of benzene rings is 1. The van der Waals surface area contributed by atoms with E-state index in [0.29, 0.717) is 30.2 Å². The molecular formula is C19H24F3N3O3. The van der Waals surface area contributed by atoms with Crippen LogP contribution in [0.25, 0.3) is 0 Å². The van der Waals surface area contributed by atoms with E-state index in [2.05, 4.69) is 4.99 Å². The highest BCUT2D eigenvalue weighted by Crippen LogP contribution is 2.39. The third-order valence-electron chi connectivity index (χ3n) is 4.62. The summed E-state index contributed by atoms with van der Waals surface area (Å²) < 4.78 is 50.7. The summed E-state index contributed by atoms with van der Waals surface area (Å²) in [6.07, 6.45) is -3.63. The highest BCUT2D eigenvalue weighted by Gasteiger charge is 2.44. The number of hydrogen-bond acceptors (Lipinski definition) is 5. The van der Waals surface area contributed by atoms with Crippen molar-refractivity contribution in [3.05, 3.63) is 35.5 Å². The van der Waals surface area contributed by atoms with Gasteiger partial charge >= 0.3 is 6.18 Å². The summed E-state index contributed by atoms with van der Waals surface area (Å²) >= 11 is 0. The van der Waals surface area contributed by atoms with Crippen LogP contribution in [0.2, 0.25) is 0 Å². The fourth-order valence-electron chi connectivity index (χ4n) is 3.19. The first kappa shape index (κ1) is 21.6. The predicted molar refractivity (Wildman–Crippen MR) is 99.6 cm³/mol. The highest BCUT2D eigenvalue weighted by atomic mass is 19.4. The number of amidine groups is 1. The second kappa shape index (κ2) is 8.53. The van der Waals surface area contributed by atoms with E-state index in [9.17, 15) is 18.0 Å². The van der Waals surface area contributed by atoms with E-state index < -0.39 is 18.1 Å². The van der Waals surface area contributed by atoms with E-state index >= 15 is 0 Å². The Balaban J connectivity index is 2.61. The molecule has 0 spiro atoms. The minimum Gasteiger partial charge on any atom is -0.493 e. The molecule has 2 rings (SSSR count). The first-order valence-electron chi connectivity index (χ1n) is 8.78. The van der Waals surface area contributed by atoms with Gasteiger partial charge in [0, 0.05) is 26.3 Å². The number of alkyl halides is 3. The van der Waals surface area contributed by atoms with Crippen LogP contribution in [0, 0.1) is 0 Å². The number of nitrogens with zero attached hydrogens (tertiary/aromatic N) is 3. The number of methoxy groups -OCH3 is 2. The van der Waals surface area contributed by atoms with Crippen LogP contribution < -0.4 is 9.47 Å². The molecule has 6 nitrogen and oxygen atoms in total. The SMILES string of the molecule is CCN(CC)C(=O)C1=CN=C(C(F)(F)F)N(C)C1c1ccc(OC)c(OC)c1. The van der Waals surface area contributed by atoms with Crippen molar-refractivity contribution in [1.29, 1.82) is 0 Å². The van der Waals surface area contributed by atoms with Gasteiger partial charge in [0.15, 0.2) is 11.5 Å². The molecule has 1 amide bonds. The van der Waals surface area contributed by atoms with Crippen molar-refractivity contribution in [2.75, 3.05) is 34.4 Å². The minimum absolute atomic E-state index is 0.159. The van der Waals surface area contributed by atoms with Gasteiger partial charge in [-0.3, -0.25) is 4.79 Å². The van der Waals surface area contributed by atoms with Gasteiger partial charge in [0.25, 0.3) is 5.91 Å². The molecule has 0 bridgehead atoms. The number of halogens is 3. The largest absolute Gasteiger partial charge is 0.493 e. The number of ether oxygens (including phenoxy) is 2. The van der Waals surface area contributed by atoms with Crippen molar-refractivity contribution in [2.24, 2.45) is 4.99 Å². The molecule has 154 valence electrons. The number of carbonyl (C=O) groups excluding carboxylic acids is 1. The highest BCUT2D eigenvalue weighted by molar-refractivity contribution is 5.99. The van der Waals surface area contributed by atoms with Crippen LogP contribution in [0.4, 0.5) is 13.2 Å². The van der Waals surface area contributed by atoms with Gasteiger partial charge < -0.3 is 19.3 Å². The van der Waals surface area contributed by atoms with Crippen LogP contribution in [-0.2, 0) is 4.79 Å². The van der Waals surface area contributed by atoms with E-state index in [1.54, 1.807) is 23.1 Å². The van der Waals surface area contributed by atoms with Gasteiger partial charge in [-0.1, -0.05) is 6.07 Å². The molecule has 1 aliphatic heterocycles. The molecule has 1 unspecified atom stereocenters. The van der Waals surface area contributed by atoms with Crippen molar-refractivity contribution in [1.82, 2.24) is 9.80 Å². The van der Waals surface area contributed by atoms with E-state index in [0.717, 1.165) is 11.1 Å². The summed E-state index contributed by atoms with van der Waals surface area (Å²) in [7, 11) is 4.18. The lowest BCUT2D eigenvalue weighted by molar-refractivity contribution is -0.127. The monoisotopic (exact) mass is 399 g/mol. The Kier molecular flexibility index (Phi) is 6.58. The second-order valence-electron chi connectivity index (χ2n) is 6.14. The standard InChI is InChI=1S/C19H24F3N3O3/c1-6-25(7-2)17(26)13-11-23-18(19(20,21)22)24(3)16(13)12-8-9-14(27-4)15(10-12)28-5/h8-11,16H,6-7H2,1-5H3. The first-order valence-corrected chi connectivity index (χ1v) is 8.78. The van der Waals surface area contributed by atoms with Crippen LogP contribution in [0.3, 0.4) is 0 Å². The number of amides is 1. The maximum absolute atomic E-state index is 13.4. The van der Waals surface area contributed by atoms with Crippen LogP contribution in [0.15, 0.2) is 35.0 Å². The fraction of sp³-hybridized carbons (Fsp3) is 0.474. The summed E-state index contributed by atoms with van der Waals surface area (Å²) in [5.41, 5.74) is 0.620. The molecule has 0 fully saturated rings. The Morgan fingerprint density at radius 3 is 2.29 bits per heavy atom. The van der Waals surface area contributed by atoms with Crippen molar-refractivity contribution in [3.63, 3.8) is 0 Å². The van der Waals surface area contributed by atoms with Crippen molar-refractivity contribution >= 4 is 11.7 Å². The number of likely N-dealkylation sites (N-methyl/N-ethyl adjacent to an activating group) is 2. The number of aliphatic imine (C=N–C) groups is 1. The Morgan fingerprint density at radius 2 is 1.79 bits per heavy atom. The normalized spacial score (nSPS) is 17.0. The Bertz CT molecular complexity index is 786. The first-order chi connectivity index (χ1) is 13.2. The average molecular weight is 399 g/mol. The van der Waals surface area contributed by atoms with Gasteiger partial charge in [-0.15, -0.1) is 0 Å². The molecule has 1 aromatic rings. The van der Waals surface area contributed by atoms with Gasteiger partial charge in [0.1, 0.15) is 0 Å². The zero-order valence-electron chi connectivity index (χ0n) is 16.5. The van der Waals surface area contributed by atoms with Crippen molar-refractivity contribution in [3.8, 4) is 11.5 Å². The van der Waals surface area contributed by atoms with E-state index in [1.807, 2.05) is 13.8 Å². The van der Waals surface area contributed by atoms with Crippen LogP contribution >= 0.6 is 0 Å². The molecule has 1 aromatic carbocycles. The molecule has 0 saturated heterocycles. The molecule has 1 heterocycles. The molecule has 9 heteroatoms. The Morgan fingerprint density at radius 1 is 1.18 bits per heavy atom. The maximum atomic E-state index is 13.4. The summed E-state index contributed by atoms with van der Waals surface area (Å²) in [5.74, 6) is -0.626. The van der Waals surface area contributed by atoms with Crippen LogP contribution in [0.5, 0.6) is 11.5 Å². The van der Waals surface area contributed by atoms with E-state index in [4.69, 9.17) is 9.47 Å². The zero-order chi connectivity index (χ0) is 21.1. The zero-order valence-corrected chi connectivity index (χ0v) is 16.5. The lowest BCUT2D eigenvalue weighted by Gasteiger charge is -2.36. The molecule has 0 aliphatic carbocycles. The predicted octanol–water partition coefficient (Wildman–Crippen LogP) is 3.40. The molecular weight excluding hydrogens is 375 g/mol. The van der Waals surface area contributed by atoms with Crippen LogP contribution in [0.1, 0.15) is 25.5 Å². The Hall–Kier alpha value is -2.71. The van der Waals surface area contributed by atoms with E-state index in [-0.39, 0.29) is 11.5 Å². The lowest BCUT2D eigenvalue weighted by Crippen LogP contribution is -2.46. The topological polar surface area (TPSA) is 54.4 Å². The molecule has 1 aliphatic rings. The smallest absolute Gasteiger partial charge is 0.449 e. The number of rotatable bonds is 6. The van der Waals surface area contributed by atoms with Gasteiger partial charge in [-0.25, -0.2) is 4.99 Å². The Labute approximate surface area is 162 Å². The molecule has 0 N–H and O–H groups in total. The summed E-state index contributed by atoms with van der Waals surface area (Å²) in [4.78, 5) is 19.0. The van der Waals surface area contributed by atoms with Crippen LogP contribution in [-0.4, -0.2) is 62.1 Å². The van der Waals surface area contributed by atoms with Gasteiger partial charge in [-0.2, -0.15) is 13.2 Å². The summed E-state index contributed by atoms with van der Waals surface area (Å²) in [6, 6.07) is 3.82. The lowest BCUT2D eigenvalue weighted by atomic mass is 9.95. The van der Waals surface area contributed by atoms with Gasteiger partial charge in [-0.05, 0) is 31.5 Å². The number of hydrogen-bond donors (Lipinski definition) is 0. The van der Waals surface area contributed by atoms with Crippen molar-refractivity contribution < 1.29 is 27.4 Å². The summed E-state index contributed by atoms with van der Waals surface area (Å²) in [6.45, 7) is 4.49. The van der Waals surface area contributed by atoms with Gasteiger partial charge in [0.2, 0.25) is 5.84 Å². The quantitative estimate of drug-likeness (QED) is 0.736. The molecule has 1 atom stereocenters. The maximum Gasteiger partial charge on any atom is 0.449 e. The second-order valence-corrected chi connectivity index (χ2v) is 6.14. The molecule has 0 saturated carbocycles. The number of carbonyl (C=O) groups is 1. The third kappa shape index (κ3) is 4.07. The van der Waals surface area contributed by atoms with E-state index in [1.165, 1.54) is 21.3 Å². The molecule has 28 heavy (non-hydrogen) atoms. The molecule has 0 radical (unpaired) electrons. The fourth-order valence-corrected chi connectivity index (χ4v) is 3.19. The van der Waals surface area contributed by atoms with Crippen molar-refractivity contribution in [2.45, 2.75) is 26.1 Å². The minimum atomic E-state index is -4.65. The summed E-state index contributed by atoms with van der Waals surface area (Å²) in [5, 5.41) is 0.